The molecule has 0 spiro atoms. The van der Waals surface area contributed by atoms with Gasteiger partial charge in [-0.3, -0.25) is 4.99 Å². The van der Waals surface area contributed by atoms with Crippen LogP contribution in [0.15, 0.2) is 22.2 Å². The van der Waals surface area contributed by atoms with E-state index >= 15 is 0 Å². The van der Waals surface area contributed by atoms with Gasteiger partial charge in [-0.15, -0.1) is 30.6 Å². The maximum absolute atomic E-state index is 5.25. The van der Waals surface area contributed by atoms with E-state index < -0.39 is 0 Å². The molecule has 0 amide bonds. The van der Waals surface area contributed by atoms with Gasteiger partial charge in [0.15, 0.2) is 11.8 Å². The minimum atomic E-state index is 0. The molecule has 138 valence electrons. The van der Waals surface area contributed by atoms with Crippen molar-refractivity contribution in [2.45, 2.75) is 52.4 Å². The van der Waals surface area contributed by atoms with E-state index in [0.29, 0.717) is 11.8 Å². The molecule has 1 heterocycles. The molecule has 6 nitrogen and oxygen atoms in total. The van der Waals surface area contributed by atoms with Crippen molar-refractivity contribution in [1.82, 2.24) is 20.4 Å². The Morgan fingerprint density at radius 2 is 2.17 bits per heavy atom. The maximum atomic E-state index is 5.25. The molecule has 0 radical (unpaired) electrons. The second kappa shape index (κ2) is 13.2. The molecule has 1 rings (SSSR count). The van der Waals surface area contributed by atoms with E-state index in [1.807, 2.05) is 6.08 Å². The molecule has 1 aromatic heterocycles. The Kier molecular flexibility index (Phi) is 12.6. The summed E-state index contributed by atoms with van der Waals surface area (Å²) < 4.78 is 5.25. The van der Waals surface area contributed by atoms with E-state index in [9.17, 15) is 0 Å². The van der Waals surface area contributed by atoms with E-state index in [4.69, 9.17) is 4.52 Å². The average Bonchev–Trinajstić information content (AvgIpc) is 2.99. The summed E-state index contributed by atoms with van der Waals surface area (Å²) in [6.45, 7) is 12.5. The first-order valence-corrected chi connectivity index (χ1v) is 8.51. The van der Waals surface area contributed by atoms with Gasteiger partial charge in [-0.1, -0.05) is 25.1 Å². The molecule has 0 aliphatic rings. The lowest BCUT2D eigenvalue weighted by Gasteiger charge is -2.21. The number of nitrogens with one attached hydrogen (secondary N) is 1. The molecule has 24 heavy (non-hydrogen) atoms. The van der Waals surface area contributed by atoms with Gasteiger partial charge < -0.3 is 14.7 Å². The number of aromatic nitrogens is 2. The SMILES string of the molecule is C=CCCCN(C)C(=NCCCc1nc(C(C)C)no1)NCC.I. The molecular formula is C17H32IN5O. The van der Waals surface area contributed by atoms with Gasteiger partial charge in [0.25, 0.3) is 0 Å². The molecule has 1 N–H and O–H groups in total. The third kappa shape index (κ3) is 8.65. The Morgan fingerprint density at radius 1 is 1.42 bits per heavy atom. The summed E-state index contributed by atoms with van der Waals surface area (Å²) in [7, 11) is 2.07. The van der Waals surface area contributed by atoms with Gasteiger partial charge in [0.1, 0.15) is 0 Å². The standard InChI is InChI=1S/C17H31N5O.HI/c1-6-8-9-13-22(5)17(18-7-2)19-12-10-11-15-20-16(14(3)4)21-23-15;/h6,14H,1,7-13H2,2-5H3,(H,18,19);1H. The van der Waals surface area contributed by atoms with Crippen LogP contribution < -0.4 is 5.32 Å². The maximum Gasteiger partial charge on any atom is 0.226 e. The molecule has 1 aromatic rings. The number of nitrogens with zero attached hydrogens (tertiary/aromatic N) is 4. The first kappa shape index (κ1) is 22.9. The van der Waals surface area contributed by atoms with Crippen LogP contribution in [0.25, 0.3) is 0 Å². The summed E-state index contributed by atoms with van der Waals surface area (Å²) in [5.74, 6) is 2.73. The zero-order chi connectivity index (χ0) is 17.1. The van der Waals surface area contributed by atoms with Gasteiger partial charge in [-0.25, -0.2) is 0 Å². The first-order chi connectivity index (χ1) is 11.1. The van der Waals surface area contributed by atoms with Gasteiger partial charge in [0, 0.05) is 39.0 Å². The van der Waals surface area contributed by atoms with Crippen LogP contribution in [0.2, 0.25) is 0 Å². The Morgan fingerprint density at radius 3 is 2.75 bits per heavy atom. The van der Waals surface area contributed by atoms with Crippen LogP contribution in [-0.2, 0) is 6.42 Å². The van der Waals surface area contributed by atoms with Crippen LogP contribution in [0, 0.1) is 0 Å². The summed E-state index contributed by atoms with van der Waals surface area (Å²) >= 11 is 0. The lowest BCUT2D eigenvalue weighted by Crippen LogP contribution is -2.39. The van der Waals surface area contributed by atoms with E-state index in [-0.39, 0.29) is 24.0 Å². The lowest BCUT2D eigenvalue weighted by atomic mass is 10.2. The second-order valence-electron chi connectivity index (χ2n) is 5.89. The number of aryl methyl sites for hydroxylation is 1. The molecule has 0 bridgehead atoms. The van der Waals surface area contributed by atoms with Crippen molar-refractivity contribution in [1.29, 1.82) is 0 Å². The summed E-state index contributed by atoms with van der Waals surface area (Å²) in [5, 5.41) is 7.30. The van der Waals surface area contributed by atoms with Gasteiger partial charge in [0.2, 0.25) is 5.89 Å². The van der Waals surface area contributed by atoms with Crippen LogP contribution in [0.3, 0.4) is 0 Å². The number of hydrogen-bond acceptors (Lipinski definition) is 4. The number of hydrogen-bond donors (Lipinski definition) is 1. The van der Waals surface area contributed by atoms with Crippen molar-refractivity contribution in [3.63, 3.8) is 0 Å². The molecule has 0 aliphatic heterocycles. The number of allylic oxidation sites excluding steroid dienone is 1. The molecule has 0 saturated carbocycles. The Balaban J connectivity index is 0.00000529. The van der Waals surface area contributed by atoms with Crippen LogP contribution in [0.4, 0.5) is 0 Å². The molecule has 0 fully saturated rings. The highest BCUT2D eigenvalue weighted by Gasteiger charge is 2.09. The van der Waals surface area contributed by atoms with Gasteiger partial charge in [0.05, 0.1) is 0 Å². The van der Waals surface area contributed by atoms with Crippen molar-refractivity contribution in [3.05, 3.63) is 24.4 Å². The Hall–Kier alpha value is -1.12. The largest absolute Gasteiger partial charge is 0.357 e. The van der Waals surface area contributed by atoms with Gasteiger partial charge in [-0.05, 0) is 26.2 Å². The highest BCUT2D eigenvalue weighted by atomic mass is 127. The number of halogens is 1. The predicted molar refractivity (Wildman–Crippen MR) is 110 cm³/mol. The third-order valence-corrected chi connectivity index (χ3v) is 3.41. The second-order valence-corrected chi connectivity index (χ2v) is 5.89. The van der Waals surface area contributed by atoms with Crippen molar-refractivity contribution in [2.75, 3.05) is 26.7 Å². The monoisotopic (exact) mass is 449 g/mol. The van der Waals surface area contributed by atoms with E-state index in [1.54, 1.807) is 0 Å². The fraction of sp³-hybridized carbons (Fsp3) is 0.706. The fourth-order valence-corrected chi connectivity index (χ4v) is 2.07. The summed E-state index contributed by atoms with van der Waals surface area (Å²) in [5.41, 5.74) is 0. The highest BCUT2D eigenvalue weighted by Crippen LogP contribution is 2.10. The number of rotatable bonds is 10. The van der Waals surface area contributed by atoms with E-state index in [2.05, 4.69) is 59.7 Å². The molecule has 0 aromatic carbocycles. The smallest absolute Gasteiger partial charge is 0.226 e. The normalized spacial score (nSPS) is 11.3. The molecule has 0 atom stereocenters. The summed E-state index contributed by atoms with van der Waals surface area (Å²) in [6.07, 6.45) is 5.73. The molecule has 0 aliphatic carbocycles. The Bertz CT molecular complexity index is 487. The zero-order valence-corrected chi connectivity index (χ0v) is 17.7. The number of guanidine groups is 1. The summed E-state index contributed by atoms with van der Waals surface area (Å²) in [4.78, 5) is 11.2. The average molecular weight is 449 g/mol. The van der Waals surface area contributed by atoms with Crippen LogP contribution in [0.1, 0.15) is 57.7 Å². The van der Waals surface area contributed by atoms with E-state index in [1.165, 1.54) is 0 Å². The van der Waals surface area contributed by atoms with Crippen molar-refractivity contribution in [2.24, 2.45) is 4.99 Å². The zero-order valence-electron chi connectivity index (χ0n) is 15.4. The summed E-state index contributed by atoms with van der Waals surface area (Å²) in [6, 6.07) is 0. The van der Waals surface area contributed by atoms with Crippen molar-refractivity contribution in [3.8, 4) is 0 Å². The Labute approximate surface area is 163 Å². The third-order valence-electron chi connectivity index (χ3n) is 3.41. The molecular weight excluding hydrogens is 417 g/mol. The predicted octanol–water partition coefficient (Wildman–Crippen LogP) is 3.61. The molecule has 7 heteroatoms. The lowest BCUT2D eigenvalue weighted by molar-refractivity contribution is 0.369. The highest BCUT2D eigenvalue weighted by molar-refractivity contribution is 14.0. The minimum Gasteiger partial charge on any atom is -0.357 e. The first-order valence-electron chi connectivity index (χ1n) is 8.51. The molecule has 0 saturated heterocycles. The van der Waals surface area contributed by atoms with Gasteiger partial charge in [-0.2, -0.15) is 4.98 Å². The fourth-order valence-electron chi connectivity index (χ4n) is 2.07. The van der Waals surface area contributed by atoms with Crippen molar-refractivity contribution >= 4 is 29.9 Å². The molecule has 0 unspecified atom stereocenters. The van der Waals surface area contributed by atoms with Crippen LogP contribution in [-0.4, -0.2) is 47.7 Å². The van der Waals surface area contributed by atoms with Crippen molar-refractivity contribution < 1.29 is 4.52 Å². The van der Waals surface area contributed by atoms with Gasteiger partial charge >= 0.3 is 0 Å². The topological polar surface area (TPSA) is 66.5 Å². The van der Waals surface area contributed by atoms with Crippen LogP contribution in [0.5, 0.6) is 0 Å². The van der Waals surface area contributed by atoms with Crippen LogP contribution >= 0.6 is 24.0 Å². The number of aliphatic imine (C=N–C) groups is 1. The van der Waals surface area contributed by atoms with E-state index in [0.717, 1.165) is 57.1 Å². The quantitative estimate of drug-likeness (QED) is 0.194. The minimum absolute atomic E-state index is 0. The number of unbranched alkanes of at least 4 members (excludes halogenated alkanes) is 1.